The molecule has 1 atom stereocenters. The molecule has 0 amide bonds. The number of rotatable bonds is 7. The summed E-state index contributed by atoms with van der Waals surface area (Å²) in [5, 5.41) is 10.4. The van der Waals surface area contributed by atoms with Crippen LogP contribution in [0.4, 0.5) is 0 Å². The number of aromatic amines is 1. The highest BCUT2D eigenvalue weighted by Crippen LogP contribution is 2.19. The molecule has 0 aliphatic rings. The molecule has 0 radical (unpaired) electrons. The molecule has 0 bridgehead atoms. The average Bonchev–Trinajstić information content (AvgIpc) is 2.90. The lowest BCUT2D eigenvalue weighted by Gasteiger charge is -2.14. The third-order valence-electron chi connectivity index (χ3n) is 4.08. The Labute approximate surface area is 154 Å². The van der Waals surface area contributed by atoms with Crippen LogP contribution in [0.15, 0.2) is 61.2 Å². The molecule has 0 spiro atoms. The van der Waals surface area contributed by atoms with Crippen LogP contribution in [0.3, 0.4) is 0 Å². The Morgan fingerprint density at radius 1 is 1.20 bits per heavy atom. The molecule has 1 unspecified atom stereocenters. The SMILES string of the molecule is C=CCc1ccccc1OCC(O)C[n+]1c(C)[nH]c2ccccc21.[Cl-]. The zero-order chi connectivity index (χ0) is 16.9. The molecular weight excluding hydrogens is 336 g/mol. The van der Waals surface area contributed by atoms with Gasteiger partial charge in [-0.25, -0.2) is 9.55 Å². The van der Waals surface area contributed by atoms with E-state index in [2.05, 4.69) is 16.1 Å². The number of benzene rings is 2. The molecule has 0 aliphatic carbocycles. The normalized spacial score (nSPS) is 11.8. The van der Waals surface area contributed by atoms with Crippen molar-refractivity contribution in [3.63, 3.8) is 0 Å². The molecule has 0 fully saturated rings. The highest BCUT2D eigenvalue weighted by Gasteiger charge is 2.18. The Morgan fingerprint density at radius 2 is 1.92 bits per heavy atom. The first-order valence-electron chi connectivity index (χ1n) is 8.16. The lowest BCUT2D eigenvalue weighted by Crippen LogP contribution is -3.00. The highest BCUT2D eigenvalue weighted by atomic mass is 35.5. The fourth-order valence-electron chi connectivity index (χ4n) is 2.91. The van der Waals surface area contributed by atoms with Crippen molar-refractivity contribution in [1.82, 2.24) is 4.98 Å². The van der Waals surface area contributed by atoms with Crippen molar-refractivity contribution in [3.05, 3.63) is 72.6 Å². The van der Waals surface area contributed by atoms with Gasteiger partial charge < -0.3 is 22.3 Å². The number of aliphatic hydroxyl groups excluding tert-OH is 1. The van der Waals surface area contributed by atoms with Crippen LogP contribution in [-0.2, 0) is 13.0 Å². The third kappa shape index (κ3) is 4.41. The zero-order valence-corrected chi connectivity index (χ0v) is 15.0. The van der Waals surface area contributed by atoms with Gasteiger partial charge in [-0.3, -0.25) is 0 Å². The number of hydrogen-bond acceptors (Lipinski definition) is 2. The van der Waals surface area contributed by atoms with Crippen LogP contribution in [0.5, 0.6) is 5.75 Å². The number of para-hydroxylation sites is 3. The average molecular weight is 359 g/mol. The van der Waals surface area contributed by atoms with E-state index >= 15 is 0 Å². The Morgan fingerprint density at radius 3 is 2.72 bits per heavy atom. The number of nitrogens with zero attached hydrogens (tertiary/aromatic N) is 1. The van der Waals surface area contributed by atoms with Crippen molar-refractivity contribution in [3.8, 4) is 5.75 Å². The molecule has 0 saturated carbocycles. The zero-order valence-electron chi connectivity index (χ0n) is 14.3. The summed E-state index contributed by atoms with van der Waals surface area (Å²) in [5.41, 5.74) is 3.23. The van der Waals surface area contributed by atoms with Crippen molar-refractivity contribution in [2.45, 2.75) is 26.0 Å². The topological polar surface area (TPSA) is 49.1 Å². The van der Waals surface area contributed by atoms with E-state index in [1.807, 2.05) is 61.5 Å². The monoisotopic (exact) mass is 358 g/mol. The standard InChI is InChI=1S/C20H22N2O2.ClH/c1-3-8-16-9-4-7-12-20(16)24-14-17(23)13-22-15(2)21-18-10-5-6-11-19(18)22;/h3-7,9-12,17,23H,1,8,13-14H2,2H3;1H. The molecule has 2 N–H and O–H groups in total. The van der Waals surface area contributed by atoms with Crippen molar-refractivity contribution in [2.75, 3.05) is 6.61 Å². The second-order valence-corrected chi connectivity index (χ2v) is 5.90. The number of aliphatic hydroxyl groups is 1. The minimum Gasteiger partial charge on any atom is -1.00 e. The number of aryl methyl sites for hydroxylation is 1. The number of hydrogen-bond donors (Lipinski definition) is 2. The Balaban J connectivity index is 0.00000225. The van der Waals surface area contributed by atoms with Crippen molar-refractivity contribution in [1.29, 1.82) is 0 Å². The van der Waals surface area contributed by atoms with Gasteiger partial charge in [0, 0.05) is 6.92 Å². The fraction of sp³-hybridized carbons (Fsp3) is 0.250. The molecule has 25 heavy (non-hydrogen) atoms. The first-order chi connectivity index (χ1) is 11.7. The molecule has 132 valence electrons. The molecule has 0 aliphatic heterocycles. The van der Waals surface area contributed by atoms with Gasteiger partial charge in [-0.2, -0.15) is 0 Å². The second kappa shape index (κ2) is 8.70. The quantitative estimate of drug-likeness (QED) is 0.459. The maximum Gasteiger partial charge on any atom is 0.252 e. The van der Waals surface area contributed by atoms with Crippen molar-refractivity contribution < 1.29 is 26.8 Å². The molecule has 2 aromatic carbocycles. The summed E-state index contributed by atoms with van der Waals surface area (Å²) >= 11 is 0. The maximum absolute atomic E-state index is 10.4. The summed E-state index contributed by atoms with van der Waals surface area (Å²) in [6.45, 7) is 6.51. The van der Waals surface area contributed by atoms with Crippen LogP contribution in [0.2, 0.25) is 0 Å². The molecule has 3 rings (SSSR count). The molecule has 0 saturated heterocycles. The van der Waals surface area contributed by atoms with E-state index < -0.39 is 6.10 Å². The summed E-state index contributed by atoms with van der Waals surface area (Å²) in [7, 11) is 0. The predicted molar refractivity (Wildman–Crippen MR) is 95.1 cm³/mol. The second-order valence-electron chi connectivity index (χ2n) is 5.90. The fourth-order valence-corrected chi connectivity index (χ4v) is 2.91. The van der Waals surface area contributed by atoms with Gasteiger partial charge in [0.25, 0.3) is 5.82 Å². The lowest BCUT2D eigenvalue weighted by atomic mass is 10.1. The smallest absolute Gasteiger partial charge is 0.252 e. The van der Waals surface area contributed by atoms with E-state index in [4.69, 9.17) is 4.74 Å². The summed E-state index contributed by atoms with van der Waals surface area (Å²) in [6, 6.07) is 15.9. The van der Waals surface area contributed by atoms with E-state index in [1.165, 1.54) is 0 Å². The van der Waals surface area contributed by atoms with Gasteiger partial charge in [-0.1, -0.05) is 36.4 Å². The summed E-state index contributed by atoms with van der Waals surface area (Å²) in [4.78, 5) is 3.33. The summed E-state index contributed by atoms with van der Waals surface area (Å²) in [5.74, 6) is 1.82. The first kappa shape index (κ1) is 19.0. The van der Waals surface area contributed by atoms with Crippen LogP contribution in [-0.4, -0.2) is 22.8 Å². The van der Waals surface area contributed by atoms with Crippen molar-refractivity contribution in [2.24, 2.45) is 0 Å². The van der Waals surface area contributed by atoms with Gasteiger partial charge in [-0.15, -0.1) is 6.58 Å². The van der Waals surface area contributed by atoms with Gasteiger partial charge in [-0.05, 0) is 30.2 Å². The molecule has 3 aromatic rings. The molecule has 5 heteroatoms. The third-order valence-corrected chi connectivity index (χ3v) is 4.08. The van der Waals surface area contributed by atoms with Gasteiger partial charge in [0.05, 0.1) is 0 Å². The molecule has 1 aromatic heterocycles. The first-order valence-corrected chi connectivity index (χ1v) is 8.16. The van der Waals surface area contributed by atoms with Crippen LogP contribution >= 0.6 is 0 Å². The largest absolute Gasteiger partial charge is 1.00 e. The minimum absolute atomic E-state index is 0. The Bertz CT molecular complexity index is 845. The van der Waals surface area contributed by atoms with E-state index in [9.17, 15) is 5.11 Å². The lowest BCUT2D eigenvalue weighted by molar-refractivity contribution is -0.684. The summed E-state index contributed by atoms with van der Waals surface area (Å²) in [6.07, 6.45) is 2.01. The van der Waals surface area contributed by atoms with Gasteiger partial charge in [0.15, 0.2) is 11.0 Å². The van der Waals surface area contributed by atoms with Crippen LogP contribution in [0, 0.1) is 6.92 Å². The number of imidazole rings is 1. The Kier molecular flexibility index (Phi) is 6.62. The number of ether oxygens (including phenoxy) is 1. The molecule has 1 heterocycles. The minimum atomic E-state index is -0.593. The van der Waals surface area contributed by atoms with Crippen LogP contribution in [0.1, 0.15) is 11.4 Å². The van der Waals surface area contributed by atoms with Gasteiger partial charge in [0.1, 0.15) is 25.0 Å². The van der Waals surface area contributed by atoms with Gasteiger partial charge >= 0.3 is 0 Å². The molecular formula is C20H23ClN2O2. The van der Waals surface area contributed by atoms with E-state index in [1.54, 1.807) is 0 Å². The van der Waals surface area contributed by atoms with Gasteiger partial charge in [0.2, 0.25) is 0 Å². The van der Waals surface area contributed by atoms with E-state index in [0.717, 1.165) is 34.6 Å². The predicted octanol–water partition coefficient (Wildman–Crippen LogP) is -0.0638. The number of fused-ring (bicyclic) bond motifs is 1. The highest BCUT2D eigenvalue weighted by molar-refractivity contribution is 5.70. The maximum atomic E-state index is 10.4. The van der Waals surface area contributed by atoms with Crippen LogP contribution in [0.25, 0.3) is 11.0 Å². The number of halogens is 1. The molecule has 4 nitrogen and oxygen atoms in total. The van der Waals surface area contributed by atoms with E-state index in [-0.39, 0.29) is 19.0 Å². The number of allylic oxidation sites excluding steroid dienone is 1. The van der Waals surface area contributed by atoms with Crippen LogP contribution < -0.4 is 21.7 Å². The number of H-pyrrole nitrogens is 1. The van der Waals surface area contributed by atoms with E-state index in [0.29, 0.717) is 6.54 Å². The Hall–Kier alpha value is -2.30. The summed E-state index contributed by atoms with van der Waals surface area (Å²) < 4.78 is 7.91. The number of aromatic nitrogens is 2. The van der Waals surface area contributed by atoms with Crippen molar-refractivity contribution >= 4 is 11.0 Å². The number of nitrogens with one attached hydrogen (secondary N) is 1.